The van der Waals surface area contributed by atoms with Gasteiger partial charge in [0.15, 0.2) is 0 Å². The number of nitrogens with zero attached hydrogens (tertiary/aromatic N) is 1. The molecule has 0 saturated carbocycles. The van der Waals surface area contributed by atoms with E-state index in [2.05, 4.69) is 0 Å². The highest BCUT2D eigenvalue weighted by atomic mass is 35.5. The zero-order valence-corrected chi connectivity index (χ0v) is 11.8. The van der Waals surface area contributed by atoms with Crippen molar-refractivity contribution in [3.05, 3.63) is 63.0 Å². The average molecular weight is 292 g/mol. The molecule has 0 aliphatic rings. The van der Waals surface area contributed by atoms with Gasteiger partial charge in [0.1, 0.15) is 0 Å². The fourth-order valence-corrected chi connectivity index (χ4v) is 2.26. The minimum Gasteiger partial charge on any atom is -0.423 e. The van der Waals surface area contributed by atoms with Crippen molar-refractivity contribution in [1.29, 1.82) is 0 Å². The van der Waals surface area contributed by atoms with Crippen LogP contribution in [-0.4, -0.2) is 21.7 Å². The number of hydrogen-bond donors (Lipinski definition) is 2. The summed E-state index contributed by atoms with van der Waals surface area (Å²) in [5.41, 5.74) is 1.94. The number of rotatable bonds is 4. The van der Waals surface area contributed by atoms with Crippen LogP contribution in [0, 0.1) is 0 Å². The van der Waals surface area contributed by atoms with Crippen LogP contribution in [0.1, 0.15) is 18.1 Å². The largest absolute Gasteiger partial charge is 0.488 e. The molecular formula is C14H15BClNO3. The van der Waals surface area contributed by atoms with Crippen molar-refractivity contribution in [2.45, 2.75) is 19.9 Å². The molecule has 0 fully saturated rings. The highest BCUT2D eigenvalue weighted by Gasteiger charge is 2.12. The lowest BCUT2D eigenvalue weighted by atomic mass is 9.81. The summed E-state index contributed by atoms with van der Waals surface area (Å²) >= 11 is 6.06. The summed E-state index contributed by atoms with van der Waals surface area (Å²) in [5, 5.41) is 18.8. The first kappa shape index (κ1) is 14.8. The molecule has 0 aliphatic carbocycles. The van der Waals surface area contributed by atoms with E-state index in [-0.39, 0.29) is 11.0 Å². The van der Waals surface area contributed by atoms with Gasteiger partial charge in [-0.3, -0.25) is 4.79 Å². The first-order chi connectivity index (χ1) is 9.51. The Bertz CT molecular complexity index is 670. The molecule has 4 nitrogen and oxygen atoms in total. The predicted octanol–water partition coefficient (Wildman–Crippen LogP) is 0.792. The summed E-state index contributed by atoms with van der Waals surface area (Å²) in [7, 11) is -1.63. The number of halogens is 1. The van der Waals surface area contributed by atoms with Crippen LogP contribution in [0.4, 0.5) is 0 Å². The second-order valence-corrected chi connectivity index (χ2v) is 4.99. The van der Waals surface area contributed by atoms with Gasteiger partial charge >= 0.3 is 7.12 Å². The quantitative estimate of drug-likeness (QED) is 0.819. The van der Waals surface area contributed by atoms with Crippen LogP contribution in [0.25, 0.3) is 0 Å². The maximum atomic E-state index is 11.9. The van der Waals surface area contributed by atoms with Crippen molar-refractivity contribution in [3.63, 3.8) is 0 Å². The Morgan fingerprint density at radius 1 is 1.25 bits per heavy atom. The van der Waals surface area contributed by atoms with E-state index in [9.17, 15) is 4.79 Å². The van der Waals surface area contributed by atoms with Gasteiger partial charge in [0, 0.05) is 17.3 Å². The van der Waals surface area contributed by atoms with E-state index in [1.165, 1.54) is 16.7 Å². The molecule has 2 rings (SSSR count). The molecule has 0 spiro atoms. The number of pyridine rings is 1. The van der Waals surface area contributed by atoms with Crippen molar-refractivity contribution >= 4 is 24.2 Å². The van der Waals surface area contributed by atoms with Crippen molar-refractivity contribution in [2.24, 2.45) is 0 Å². The third kappa shape index (κ3) is 3.31. The van der Waals surface area contributed by atoms with Crippen LogP contribution < -0.4 is 11.0 Å². The molecule has 0 aliphatic heterocycles. The standard InChI is InChI=1S/C14H15BClNO3/c1-2-11-7-10(3-4-13(11)16)9-17-6-5-12(15(19)20)8-14(17)18/h3-8,19-20H,2,9H2,1H3. The molecule has 0 saturated heterocycles. The SMILES string of the molecule is CCc1cc(Cn2ccc(B(O)O)cc2=O)ccc1Cl. The molecule has 0 atom stereocenters. The molecule has 0 amide bonds. The second kappa shape index (κ2) is 6.26. The highest BCUT2D eigenvalue weighted by molar-refractivity contribution is 6.58. The summed E-state index contributed by atoms with van der Waals surface area (Å²) in [6.45, 7) is 2.44. The normalized spacial score (nSPS) is 10.6. The van der Waals surface area contributed by atoms with E-state index in [0.717, 1.165) is 22.6 Å². The fraction of sp³-hybridized carbons (Fsp3) is 0.214. The van der Waals surface area contributed by atoms with Crippen molar-refractivity contribution in [2.75, 3.05) is 0 Å². The Hall–Kier alpha value is -1.56. The molecule has 6 heteroatoms. The zero-order valence-electron chi connectivity index (χ0n) is 11.1. The average Bonchev–Trinajstić information content (AvgIpc) is 2.42. The Morgan fingerprint density at radius 2 is 2.00 bits per heavy atom. The lowest BCUT2D eigenvalue weighted by Crippen LogP contribution is -2.35. The van der Waals surface area contributed by atoms with E-state index in [1.54, 1.807) is 6.20 Å². The zero-order chi connectivity index (χ0) is 14.7. The lowest BCUT2D eigenvalue weighted by molar-refractivity contribution is 0.425. The fourth-order valence-electron chi connectivity index (χ4n) is 2.01. The van der Waals surface area contributed by atoms with Crippen LogP contribution >= 0.6 is 11.6 Å². The molecule has 0 radical (unpaired) electrons. The van der Waals surface area contributed by atoms with Crippen LogP contribution in [0.2, 0.25) is 5.02 Å². The minimum absolute atomic E-state index is 0.191. The molecule has 2 aromatic rings. The van der Waals surface area contributed by atoms with Crippen molar-refractivity contribution < 1.29 is 10.0 Å². The molecule has 20 heavy (non-hydrogen) atoms. The lowest BCUT2D eigenvalue weighted by Gasteiger charge is -2.09. The monoisotopic (exact) mass is 291 g/mol. The van der Waals surface area contributed by atoms with Gasteiger partial charge in [-0.2, -0.15) is 0 Å². The van der Waals surface area contributed by atoms with Crippen LogP contribution in [0.5, 0.6) is 0 Å². The van der Waals surface area contributed by atoms with Gasteiger partial charge in [0.25, 0.3) is 0 Å². The Labute approximate surface area is 122 Å². The molecule has 104 valence electrons. The van der Waals surface area contributed by atoms with E-state index < -0.39 is 7.12 Å². The third-order valence-electron chi connectivity index (χ3n) is 3.16. The van der Waals surface area contributed by atoms with E-state index in [1.807, 2.05) is 25.1 Å². The van der Waals surface area contributed by atoms with Gasteiger partial charge in [-0.1, -0.05) is 30.7 Å². The summed E-state index contributed by atoms with van der Waals surface area (Å²) < 4.78 is 1.51. The summed E-state index contributed by atoms with van der Waals surface area (Å²) in [4.78, 5) is 11.9. The number of aromatic nitrogens is 1. The third-order valence-corrected chi connectivity index (χ3v) is 3.53. The van der Waals surface area contributed by atoms with Crippen LogP contribution in [0.3, 0.4) is 0 Å². The summed E-state index contributed by atoms with van der Waals surface area (Å²) in [6.07, 6.45) is 2.38. The number of benzene rings is 1. The van der Waals surface area contributed by atoms with Gasteiger partial charge in [0.05, 0.1) is 6.54 Å². The molecule has 1 aromatic carbocycles. The van der Waals surface area contributed by atoms with E-state index in [4.69, 9.17) is 21.6 Å². The van der Waals surface area contributed by atoms with Crippen molar-refractivity contribution in [1.82, 2.24) is 4.57 Å². The molecule has 2 N–H and O–H groups in total. The van der Waals surface area contributed by atoms with Crippen LogP contribution in [0.15, 0.2) is 41.3 Å². The highest BCUT2D eigenvalue weighted by Crippen LogP contribution is 2.18. The Kier molecular flexibility index (Phi) is 4.65. The molecule has 1 aromatic heterocycles. The number of aryl methyl sites for hydroxylation is 1. The van der Waals surface area contributed by atoms with E-state index in [0.29, 0.717) is 6.54 Å². The Morgan fingerprint density at radius 3 is 2.60 bits per heavy atom. The minimum atomic E-state index is -1.63. The molecule has 0 bridgehead atoms. The van der Waals surface area contributed by atoms with Crippen molar-refractivity contribution in [3.8, 4) is 0 Å². The predicted molar refractivity (Wildman–Crippen MR) is 80.5 cm³/mol. The summed E-state index contributed by atoms with van der Waals surface area (Å²) in [5.74, 6) is 0. The summed E-state index contributed by atoms with van der Waals surface area (Å²) in [6, 6.07) is 8.42. The van der Waals surface area contributed by atoms with Gasteiger partial charge in [-0.25, -0.2) is 0 Å². The molecule has 1 heterocycles. The van der Waals surface area contributed by atoms with Gasteiger partial charge in [-0.15, -0.1) is 0 Å². The maximum absolute atomic E-state index is 11.9. The smallest absolute Gasteiger partial charge is 0.423 e. The Balaban J connectivity index is 2.28. The van der Waals surface area contributed by atoms with Gasteiger partial charge in [-0.05, 0) is 35.1 Å². The molecular weight excluding hydrogens is 276 g/mol. The topological polar surface area (TPSA) is 62.5 Å². The van der Waals surface area contributed by atoms with E-state index >= 15 is 0 Å². The maximum Gasteiger partial charge on any atom is 0.488 e. The molecule has 0 unspecified atom stereocenters. The second-order valence-electron chi connectivity index (χ2n) is 4.58. The van der Waals surface area contributed by atoms with Gasteiger partial charge < -0.3 is 14.6 Å². The van der Waals surface area contributed by atoms with Gasteiger partial charge in [0.2, 0.25) is 5.56 Å². The first-order valence-electron chi connectivity index (χ1n) is 6.35. The number of hydrogen-bond acceptors (Lipinski definition) is 3. The first-order valence-corrected chi connectivity index (χ1v) is 6.73. The van der Waals surface area contributed by atoms with Crippen LogP contribution in [-0.2, 0) is 13.0 Å².